The highest BCUT2D eigenvalue weighted by Crippen LogP contribution is 2.21. The molecule has 0 aliphatic carbocycles. The van der Waals surface area contributed by atoms with Crippen molar-refractivity contribution >= 4 is 21.8 Å². The maximum atomic E-state index is 10.6. The second-order valence-electron chi connectivity index (χ2n) is 4.62. The third-order valence-corrected chi connectivity index (χ3v) is 3.71. The summed E-state index contributed by atoms with van der Waals surface area (Å²) in [6.07, 6.45) is 1.20. The Bertz CT molecular complexity index is 610. The molecule has 3 N–H and O–H groups in total. The second kappa shape index (κ2) is 9.10. The van der Waals surface area contributed by atoms with Gasteiger partial charge in [-0.1, -0.05) is 35.0 Å². The third kappa shape index (κ3) is 6.18. The average Bonchev–Trinajstić information content (AvgIpc) is 2.51. The molecular formula is C17H20BrNO3. The lowest BCUT2D eigenvalue weighted by molar-refractivity contribution is -0.117. The van der Waals surface area contributed by atoms with Crippen LogP contribution in [0.4, 0.5) is 0 Å². The number of aryl methyl sites for hydroxylation is 1. The number of ether oxygens (including phenoxy) is 1. The molecule has 2 aromatic carbocycles. The minimum absolute atomic E-state index is 0.134. The van der Waals surface area contributed by atoms with E-state index < -0.39 is 5.91 Å². The van der Waals surface area contributed by atoms with Crippen LogP contribution in [0.1, 0.15) is 18.1 Å². The molecule has 0 fully saturated rings. The van der Waals surface area contributed by atoms with Gasteiger partial charge in [0.15, 0.2) is 0 Å². The number of phenols is 1. The summed E-state index contributed by atoms with van der Waals surface area (Å²) in [4.78, 5) is 10.6. The highest BCUT2D eigenvalue weighted by molar-refractivity contribution is 9.10. The third-order valence-electron chi connectivity index (χ3n) is 2.94. The molecule has 22 heavy (non-hydrogen) atoms. The van der Waals surface area contributed by atoms with Crippen LogP contribution in [0.2, 0.25) is 0 Å². The Morgan fingerprint density at radius 2 is 2.00 bits per heavy atom. The van der Waals surface area contributed by atoms with Crippen molar-refractivity contribution in [3.8, 4) is 11.5 Å². The van der Waals surface area contributed by atoms with E-state index >= 15 is 0 Å². The molecule has 0 spiro atoms. The topological polar surface area (TPSA) is 72.5 Å². The Morgan fingerprint density at radius 1 is 1.27 bits per heavy atom. The molecule has 118 valence electrons. The highest BCUT2D eigenvalue weighted by atomic mass is 79.9. The minimum Gasteiger partial charge on any atom is -0.508 e. The molecule has 0 radical (unpaired) electrons. The van der Waals surface area contributed by atoms with Gasteiger partial charge in [-0.25, -0.2) is 0 Å². The molecule has 0 unspecified atom stereocenters. The average molecular weight is 366 g/mol. The summed E-state index contributed by atoms with van der Waals surface area (Å²) in [5.74, 6) is 0.662. The number of aromatic hydroxyl groups is 1. The lowest BCUT2D eigenvalue weighted by Gasteiger charge is -2.01. The molecule has 5 heteroatoms. The van der Waals surface area contributed by atoms with Crippen molar-refractivity contribution in [1.29, 1.82) is 0 Å². The zero-order chi connectivity index (χ0) is 16.5. The van der Waals surface area contributed by atoms with E-state index in [2.05, 4.69) is 35.0 Å². The SMILES string of the molecule is CCc1cccc(OC)c1.NC(=O)Cc1cc(O)ccc1Br. The maximum absolute atomic E-state index is 10.6. The van der Waals surface area contributed by atoms with Crippen LogP contribution in [0.3, 0.4) is 0 Å². The Labute approximate surface area is 139 Å². The van der Waals surface area contributed by atoms with Gasteiger partial charge in [0.2, 0.25) is 5.91 Å². The van der Waals surface area contributed by atoms with Gasteiger partial charge >= 0.3 is 0 Å². The van der Waals surface area contributed by atoms with E-state index in [1.165, 1.54) is 17.7 Å². The number of benzene rings is 2. The fraction of sp³-hybridized carbons (Fsp3) is 0.235. The quantitative estimate of drug-likeness (QED) is 0.871. The van der Waals surface area contributed by atoms with Gasteiger partial charge < -0.3 is 15.6 Å². The number of methoxy groups -OCH3 is 1. The van der Waals surface area contributed by atoms with Crippen molar-refractivity contribution in [2.24, 2.45) is 5.73 Å². The van der Waals surface area contributed by atoms with Crippen LogP contribution in [0, 0.1) is 0 Å². The largest absolute Gasteiger partial charge is 0.508 e. The second-order valence-corrected chi connectivity index (χ2v) is 5.48. The molecule has 0 aliphatic rings. The number of carbonyl (C=O) groups excluding carboxylic acids is 1. The van der Waals surface area contributed by atoms with Crippen molar-refractivity contribution in [3.63, 3.8) is 0 Å². The molecule has 2 rings (SSSR count). The van der Waals surface area contributed by atoms with Crippen LogP contribution in [-0.2, 0) is 17.6 Å². The Hall–Kier alpha value is -2.01. The predicted octanol–water partition coefficient (Wildman–Crippen LogP) is 3.44. The molecule has 0 saturated carbocycles. The first kappa shape index (κ1) is 18.0. The van der Waals surface area contributed by atoms with Crippen molar-refractivity contribution in [2.75, 3.05) is 7.11 Å². The standard InChI is InChI=1S/C9H12O.C8H8BrNO2/c1-3-8-5-4-6-9(7-8)10-2;9-7-2-1-6(11)3-5(7)4-8(10)12/h4-7H,3H2,1-2H3;1-3,11H,4H2,(H2,10,12). The summed E-state index contributed by atoms with van der Waals surface area (Å²) in [5, 5.41) is 9.08. The lowest BCUT2D eigenvalue weighted by atomic mass is 10.1. The summed E-state index contributed by atoms with van der Waals surface area (Å²) < 4.78 is 5.83. The maximum Gasteiger partial charge on any atom is 0.221 e. The van der Waals surface area contributed by atoms with E-state index in [0.717, 1.165) is 16.6 Å². The van der Waals surface area contributed by atoms with E-state index in [1.54, 1.807) is 13.2 Å². The zero-order valence-corrected chi connectivity index (χ0v) is 14.3. The predicted molar refractivity (Wildman–Crippen MR) is 91.1 cm³/mol. The first-order valence-electron chi connectivity index (χ1n) is 6.84. The normalized spacial score (nSPS) is 9.59. The van der Waals surface area contributed by atoms with Gasteiger partial charge in [-0.3, -0.25) is 4.79 Å². The number of phenolic OH excluding ortho intramolecular Hbond substituents is 1. The van der Waals surface area contributed by atoms with Gasteiger partial charge in [0.05, 0.1) is 13.5 Å². The number of carbonyl (C=O) groups is 1. The zero-order valence-electron chi connectivity index (χ0n) is 12.7. The number of halogens is 1. The number of primary amides is 1. The summed E-state index contributed by atoms with van der Waals surface area (Å²) in [6.45, 7) is 2.13. The monoisotopic (exact) mass is 365 g/mol. The molecule has 0 aromatic heterocycles. The molecule has 2 aromatic rings. The molecule has 0 saturated heterocycles. The molecule has 0 aliphatic heterocycles. The molecule has 4 nitrogen and oxygen atoms in total. The number of amides is 1. The van der Waals surface area contributed by atoms with Crippen LogP contribution >= 0.6 is 15.9 Å². The van der Waals surface area contributed by atoms with Gasteiger partial charge in [-0.05, 0) is 47.9 Å². The van der Waals surface area contributed by atoms with Gasteiger partial charge in [0.25, 0.3) is 0 Å². The van der Waals surface area contributed by atoms with Gasteiger partial charge in [-0.2, -0.15) is 0 Å². The fourth-order valence-electron chi connectivity index (χ4n) is 1.78. The van der Waals surface area contributed by atoms with Crippen LogP contribution in [-0.4, -0.2) is 18.1 Å². The van der Waals surface area contributed by atoms with E-state index in [9.17, 15) is 4.79 Å². The number of rotatable bonds is 4. The van der Waals surface area contributed by atoms with Crippen molar-refractivity contribution in [1.82, 2.24) is 0 Å². The van der Waals surface area contributed by atoms with Gasteiger partial charge in [-0.15, -0.1) is 0 Å². The van der Waals surface area contributed by atoms with Gasteiger partial charge in [0, 0.05) is 4.47 Å². The van der Waals surface area contributed by atoms with E-state index in [-0.39, 0.29) is 12.2 Å². The molecule has 0 atom stereocenters. The van der Waals surface area contributed by atoms with Gasteiger partial charge in [0.1, 0.15) is 11.5 Å². The Balaban J connectivity index is 0.000000224. The molecule has 0 heterocycles. The van der Waals surface area contributed by atoms with Crippen molar-refractivity contribution in [3.05, 3.63) is 58.1 Å². The highest BCUT2D eigenvalue weighted by Gasteiger charge is 2.03. The van der Waals surface area contributed by atoms with E-state index in [4.69, 9.17) is 15.6 Å². The van der Waals surface area contributed by atoms with Crippen molar-refractivity contribution < 1.29 is 14.6 Å². The van der Waals surface area contributed by atoms with Crippen LogP contribution in [0.15, 0.2) is 46.9 Å². The minimum atomic E-state index is -0.415. The molecule has 1 amide bonds. The summed E-state index contributed by atoms with van der Waals surface area (Å²) >= 11 is 3.24. The first-order chi connectivity index (χ1) is 10.5. The summed E-state index contributed by atoms with van der Waals surface area (Å²) in [5.41, 5.74) is 7.02. The Morgan fingerprint density at radius 3 is 2.59 bits per heavy atom. The van der Waals surface area contributed by atoms with E-state index in [1.807, 2.05) is 12.1 Å². The molecular weight excluding hydrogens is 346 g/mol. The summed E-state index contributed by atoms with van der Waals surface area (Å²) in [6, 6.07) is 12.8. The Kier molecular flexibility index (Phi) is 7.46. The number of nitrogens with two attached hydrogens (primary N) is 1. The van der Waals surface area contributed by atoms with Crippen LogP contribution in [0.25, 0.3) is 0 Å². The smallest absolute Gasteiger partial charge is 0.221 e. The fourth-order valence-corrected chi connectivity index (χ4v) is 2.16. The van der Waals surface area contributed by atoms with E-state index in [0.29, 0.717) is 5.56 Å². The molecule has 0 bridgehead atoms. The van der Waals surface area contributed by atoms with Crippen LogP contribution in [0.5, 0.6) is 11.5 Å². The van der Waals surface area contributed by atoms with Crippen molar-refractivity contribution in [2.45, 2.75) is 19.8 Å². The first-order valence-corrected chi connectivity index (χ1v) is 7.64. The van der Waals surface area contributed by atoms with Crippen LogP contribution < -0.4 is 10.5 Å². The number of hydrogen-bond acceptors (Lipinski definition) is 3. The lowest BCUT2D eigenvalue weighted by Crippen LogP contribution is -2.13. The number of hydrogen-bond donors (Lipinski definition) is 2. The summed E-state index contributed by atoms with van der Waals surface area (Å²) in [7, 11) is 1.69.